The van der Waals surface area contributed by atoms with Gasteiger partial charge >= 0.3 is 0 Å². The summed E-state index contributed by atoms with van der Waals surface area (Å²) in [5, 5.41) is 5.19. The number of nitrogens with zero attached hydrogens (tertiary/aromatic N) is 6. The maximum atomic E-state index is 12.4. The number of hydrogen-bond acceptors (Lipinski definition) is 6. The van der Waals surface area contributed by atoms with E-state index in [1.165, 1.54) is 0 Å². The SMILES string of the molecule is CC(C)C[C@H](N)C(=O)N1CCN(c2ncnc3c2cnn3C)CC1. The van der Waals surface area contributed by atoms with E-state index in [9.17, 15) is 4.79 Å². The summed E-state index contributed by atoms with van der Waals surface area (Å²) in [7, 11) is 1.87. The van der Waals surface area contributed by atoms with E-state index in [-0.39, 0.29) is 5.91 Å². The van der Waals surface area contributed by atoms with Gasteiger partial charge in [0.25, 0.3) is 0 Å². The number of rotatable bonds is 4. The first-order valence-corrected chi connectivity index (χ1v) is 8.39. The number of fused-ring (bicyclic) bond motifs is 1. The summed E-state index contributed by atoms with van der Waals surface area (Å²) < 4.78 is 1.74. The van der Waals surface area contributed by atoms with E-state index >= 15 is 0 Å². The highest BCUT2D eigenvalue weighted by Gasteiger charge is 2.27. The zero-order valence-corrected chi connectivity index (χ0v) is 14.5. The Morgan fingerprint density at radius 2 is 1.96 bits per heavy atom. The lowest BCUT2D eigenvalue weighted by Gasteiger charge is -2.36. The largest absolute Gasteiger partial charge is 0.352 e. The number of carbonyl (C=O) groups is 1. The molecule has 24 heavy (non-hydrogen) atoms. The molecule has 2 aromatic rings. The summed E-state index contributed by atoms with van der Waals surface area (Å²) in [6.45, 7) is 6.97. The Bertz CT molecular complexity index is 718. The van der Waals surface area contributed by atoms with Crippen molar-refractivity contribution in [2.45, 2.75) is 26.3 Å². The smallest absolute Gasteiger partial charge is 0.239 e. The van der Waals surface area contributed by atoms with Gasteiger partial charge in [0.2, 0.25) is 5.91 Å². The Kier molecular flexibility index (Phi) is 4.66. The second-order valence-electron chi connectivity index (χ2n) is 6.75. The molecule has 0 aromatic carbocycles. The summed E-state index contributed by atoms with van der Waals surface area (Å²) in [4.78, 5) is 25.2. The van der Waals surface area contributed by atoms with Gasteiger partial charge in [0, 0.05) is 33.2 Å². The number of aryl methyl sites for hydroxylation is 1. The lowest BCUT2D eigenvalue weighted by Crippen LogP contribution is -2.53. The summed E-state index contributed by atoms with van der Waals surface area (Å²) >= 11 is 0. The summed E-state index contributed by atoms with van der Waals surface area (Å²) in [5.41, 5.74) is 6.85. The molecule has 0 unspecified atom stereocenters. The summed E-state index contributed by atoms with van der Waals surface area (Å²) in [6.07, 6.45) is 4.08. The Morgan fingerprint density at radius 3 is 2.62 bits per heavy atom. The quantitative estimate of drug-likeness (QED) is 0.871. The predicted molar refractivity (Wildman–Crippen MR) is 92.5 cm³/mol. The maximum Gasteiger partial charge on any atom is 0.239 e. The van der Waals surface area contributed by atoms with Gasteiger partial charge in [0.15, 0.2) is 5.65 Å². The molecule has 1 amide bonds. The van der Waals surface area contributed by atoms with Crippen molar-refractivity contribution in [2.75, 3.05) is 31.1 Å². The van der Waals surface area contributed by atoms with Crippen LogP contribution in [0.3, 0.4) is 0 Å². The van der Waals surface area contributed by atoms with Crippen LogP contribution in [-0.2, 0) is 11.8 Å². The first kappa shape index (κ1) is 16.6. The highest BCUT2D eigenvalue weighted by atomic mass is 16.2. The van der Waals surface area contributed by atoms with Crippen LogP contribution in [0.25, 0.3) is 11.0 Å². The van der Waals surface area contributed by atoms with Crippen LogP contribution in [0.2, 0.25) is 0 Å². The molecule has 3 rings (SSSR count). The van der Waals surface area contributed by atoms with Crippen LogP contribution in [0.1, 0.15) is 20.3 Å². The highest BCUT2D eigenvalue weighted by Crippen LogP contribution is 2.23. The Balaban J connectivity index is 1.67. The molecule has 1 fully saturated rings. The predicted octanol–water partition coefficient (Wildman–Crippen LogP) is 0.385. The molecule has 0 radical (unpaired) electrons. The Hall–Kier alpha value is -2.22. The van der Waals surface area contributed by atoms with Gasteiger partial charge in [-0.25, -0.2) is 9.97 Å². The molecule has 0 aliphatic carbocycles. The van der Waals surface area contributed by atoms with E-state index in [1.54, 1.807) is 17.2 Å². The molecule has 8 heteroatoms. The molecule has 0 bridgehead atoms. The zero-order chi connectivity index (χ0) is 17.3. The molecular weight excluding hydrogens is 306 g/mol. The van der Waals surface area contributed by atoms with Gasteiger partial charge in [-0.05, 0) is 12.3 Å². The number of amides is 1. The minimum Gasteiger partial charge on any atom is -0.352 e. The van der Waals surface area contributed by atoms with Gasteiger partial charge < -0.3 is 15.5 Å². The molecule has 0 spiro atoms. The molecular formula is C16H25N7O. The van der Waals surface area contributed by atoms with Crippen LogP contribution in [0.4, 0.5) is 5.82 Å². The molecule has 2 N–H and O–H groups in total. The van der Waals surface area contributed by atoms with Crippen LogP contribution in [0, 0.1) is 5.92 Å². The van der Waals surface area contributed by atoms with Gasteiger partial charge in [0.05, 0.1) is 17.6 Å². The number of hydrogen-bond donors (Lipinski definition) is 1. The van der Waals surface area contributed by atoms with E-state index < -0.39 is 6.04 Å². The number of piperazine rings is 1. The van der Waals surface area contributed by atoms with Gasteiger partial charge in [-0.3, -0.25) is 9.48 Å². The van der Waals surface area contributed by atoms with Crippen LogP contribution in [0.15, 0.2) is 12.5 Å². The minimum atomic E-state index is -0.402. The monoisotopic (exact) mass is 331 g/mol. The lowest BCUT2D eigenvalue weighted by atomic mass is 10.0. The fourth-order valence-corrected chi connectivity index (χ4v) is 3.18. The van der Waals surface area contributed by atoms with Crippen molar-refractivity contribution in [3.8, 4) is 0 Å². The maximum absolute atomic E-state index is 12.4. The molecule has 1 saturated heterocycles. The fourth-order valence-electron chi connectivity index (χ4n) is 3.18. The molecule has 2 aromatic heterocycles. The van der Waals surface area contributed by atoms with Crippen molar-refractivity contribution in [3.63, 3.8) is 0 Å². The van der Waals surface area contributed by atoms with Crippen molar-refractivity contribution < 1.29 is 4.79 Å². The summed E-state index contributed by atoms with van der Waals surface area (Å²) in [6, 6.07) is -0.402. The van der Waals surface area contributed by atoms with Gasteiger partial charge in [-0.2, -0.15) is 5.10 Å². The number of nitrogens with two attached hydrogens (primary N) is 1. The molecule has 1 aliphatic heterocycles. The van der Waals surface area contributed by atoms with Crippen molar-refractivity contribution in [1.82, 2.24) is 24.6 Å². The van der Waals surface area contributed by atoms with E-state index in [0.717, 1.165) is 36.4 Å². The van der Waals surface area contributed by atoms with Crippen LogP contribution in [0.5, 0.6) is 0 Å². The molecule has 130 valence electrons. The molecule has 8 nitrogen and oxygen atoms in total. The van der Waals surface area contributed by atoms with Gasteiger partial charge in [-0.15, -0.1) is 0 Å². The number of aromatic nitrogens is 4. The summed E-state index contributed by atoms with van der Waals surface area (Å²) in [5.74, 6) is 1.36. The number of anilines is 1. The van der Waals surface area contributed by atoms with Crippen LogP contribution >= 0.6 is 0 Å². The third-order valence-electron chi connectivity index (χ3n) is 4.44. The second-order valence-corrected chi connectivity index (χ2v) is 6.75. The fraction of sp³-hybridized carbons (Fsp3) is 0.625. The van der Waals surface area contributed by atoms with Crippen molar-refractivity contribution in [1.29, 1.82) is 0 Å². The average Bonchev–Trinajstić information content (AvgIpc) is 2.95. The van der Waals surface area contributed by atoms with Crippen molar-refractivity contribution >= 4 is 22.8 Å². The Labute approximate surface area is 141 Å². The van der Waals surface area contributed by atoms with Crippen LogP contribution in [-0.4, -0.2) is 62.8 Å². The van der Waals surface area contributed by atoms with Crippen LogP contribution < -0.4 is 10.6 Å². The van der Waals surface area contributed by atoms with Gasteiger partial charge in [0.1, 0.15) is 12.1 Å². The normalized spacial score (nSPS) is 16.9. The molecule has 1 aliphatic rings. The van der Waals surface area contributed by atoms with E-state index in [4.69, 9.17) is 5.73 Å². The van der Waals surface area contributed by atoms with E-state index in [1.807, 2.05) is 11.9 Å². The van der Waals surface area contributed by atoms with E-state index in [2.05, 4.69) is 33.8 Å². The van der Waals surface area contributed by atoms with E-state index in [0.29, 0.717) is 19.0 Å². The average molecular weight is 331 g/mol. The standard InChI is InChI=1S/C16H25N7O/c1-11(2)8-13(17)16(24)23-6-4-22(5-7-23)15-12-9-20-21(3)14(12)18-10-19-15/h9-11,13H,4-8,17H2,1-3H3/t13-/m0/s1. The van der Waals surface area contributed by atoms with Crippen molar-refractivity contribution in [3.05, 3.63) is 12.5 Å². The third-order valence-corrected chi connectivity index (χ3v) is 4.44. The van der Waals surface area contributed by atoms with Crippen molar-refractivity contribution in [2.24, 2.45) is 18.7 Å². The first-order valence-electron chi connectivity index (χ1n) is 8.39. The third kappa shape index (κ3) is 3.19. The lowest BCUT2D eigenvalue weighted by molar-refractivity contribution is -0.133. The highest BCUT2D eigenvalue weighted by molar-refractivity contribution is 5.87. The second kappa shape index (κ2) is 6.72. The first-order chi connectivity index (χ1) is 11.5. The Morgan fingerprint density at radius 1 is 1.25 bits per heavy atom. The zero-order valence-electron chi connectivity index (χ0n) is 14.5. The van der Waals surface area contributed by atoms with Gasteiger partial charge in [-0.1, -0.05) is 13.8 Å². The molecule has 1 atom stereocenters. The molecule has 0 saturated carbocycles. The minimum absolute atomic E-state index is 0.0533. The number of carbonyl (C=O) groups excluding carboxylic acids is 1. The topological polar surface area (TPSA) is 93.2 Å². The molecule has 3 heterocycles.